The fourth-order valence-electron chi connectivity index (χ4n) is 5.27. The van der Waals surface area contributed by atoms with E-state index in [1.807, 2.05) is 12.1 Å². The summed E-state index contributed by atoms with van der Waals surface area (Å²) in [7, 11) is 0. The van der Waals surface area contributed by atoms with Gasteiger partial charge in [-0.3, -0.25) is 4.79 Å². The number of carbonyl (C=O) groups is 1. The summed E-state index contributed by atoms with van der Waals surface area (Å²) < 4.78 is 0. The van der Waals surface area contributed by atoms with E-state index in [4.69, 9.17) is 11.6 Å². The minimum absolute atomic E-state index is 0.0982. The molecule has 1 saturated heterocycles. The van der Waals surface area contributed by atoms with Crippen molar-refractivity contribution in [3.8, 4) is 0 Å². The first-order valence-electron chi connectivity index (χ1n) is 9.82. The molecule has 3 fully saturated rings. The average Bonchev–Trinajstić information content (AvgIpc) is 2.94. The zero-order chi connectivity index (χ0) is 17.4. The Morgan fingerprint density at radius 2 is 1.60 bits per heavy atom. The summed E-state index contributed by atoms with van der Waals surface area (Å²) in [5.74, 6) is 0.970. The van der Waals surface area contributed by atoms with Crippen LogP contribution in [0.2, 0.25) is 5.02 Å². The lowest BCUT2D eigenvalue weighted by molar-refractivity contribution is -0.140. The number of nitrogens with zero attached hydrogens (tertiary/aromatic N) is 1. The van der Waals surface area contributed by atoms with Gasteiger partial charge in [-0.1, -0.05) is 23.7 Å². The summed E-state index contributed by atoms with van der Waals surface area (Å²) >= 11 is 6.00. The number of halogens is 1. The Morgan fingerprint density at radius 3 is 2.24 bits per heavy atom. The van der Waals surface area contributed by atoms with Crippen molar-refractivity contribution in [3.63, 3.8) is 0 Å². The van der Waals surface area contributed by atoms with Gasteiger partial charge in [0.15, 0.2) is 0 Å². The van der Waals surface area contributed by atoms with Crippen LogP contribution in [0.25, 0.3) is 0 Å². The van der Waals surface area contributed by atoms with Crippen LogP contribution in [0, 0.1) is 5.41 Å². The monoisotopic (exact) mass is 361 g/mol. The maximum absolute atomic E-state index is 13.2. The fourth-order valence-corrected chi connectivity index (χ4v) is 5.39. The number of amides is 1. The lowest BCUT2D eigenvalue weighted by Gasteiger charge is -2.38. The smallest absolute Gasteiger partial charge is 0.229 e. The molecule has 0 atom stereocenters. The van der Waals surface area contributed by atoms with E-state index in [0.717, 1.165) is 69.4 Å². The average molecular weight is 362 g/mol. The molecule has 2 aliphatic carbocycles. The first-order valence-corrected chi connectivity index (χ1v) is 10.2. The van der Waals surface area contributed by atoms with Crippen molar-refractivity contribution in [2.24, 2.45) is 5.41 Å². The van der Waals surface area contributed by atoms with Gasteiger partial charge in [-0.2, -0.15) is 0 Å². The highest BCUT2D eigenvalue weighted by Gasteiger charge is 2.50. The van der Waals surface area contributed by atoms with Gasteiger partial charge >= 0.3 is 0 Å². The van der Waals surface area contributed by atoms with Gasteiger partial charge in [0.25, 0.3) is 0 Å². The number of likely N-dealkylation sites (tertiary alicyclic amines) is 1. The van der Waals surface area contributed by atoms with Crippen molar-refractivity contribution in [1.82, 2.24) is 4.90 Å². The molecule has 136 valence electrons. The highest BCUT2D eigenvalue weighted by molar-refractivity contribution is 6.30. The maximum atomic E-state index is 13.2. The molecular formula is C21H28ClNO2. The quantitative estimate of drug-likeness (QED) is 0.841. The third-order valence-corrected chi connectivity index (χ3v) is 7.19. The molecule has 1 spiro atoms. The van der Waals surface area contributed by atoms with Gasteiger partial charge < -0.3 is 10.0 Å². The molecule has 4 heteroatoms. The van der Waals surface area contributed by atoms with Crippen molar-refractivity contribution >= 4 is 17.5 Å². The van der Waals surface area contributed by atoms with Crippen LogP contribution in [0.1, 0.15) is 69.3 Å². The summed E-state index contributed by atoms with van der Waals surface area (Å²) in [6.07, 6.45) is 8.74. The van der Waals surface area contributed by atoms with Crippen molar-refractivity contribution in [1.29, 1.82) is 0 Å². The SMILES string of the molecule is O=C1N(C2CCC(O)CC2)CCC12CCC(c1ccc(Cl)cc1)CC2. The molecule has 1 aromatic rings. The van der Waals surface area contributed by atoms with E-state index in [-0.39, 0.29) is 11.5 Å². The summed E-state index contributed by atoms with van der Waals surface area (Å²) in [4.78, 5) is 15.4. The topological polar surface area (TPSA) is 40.5 Å². The van der Waals surface area contributed by atoms with Crippen LogP contribution >= 0.6 is 11.6 Å². The Labute approximate surface area is 155 Å². The third kappa shape index (κ3) is 3.33. The molecule has 0 radical (unpaired) electrons. The largest absolute Gasteiger partial charge is 0.393 e. The summed E-state index contributed by atoms with van der Waals surface area (Å²) in [5, 5.41) is 10.5. The molecule has 2 saturated carbocycles. The number of hydrogen-bond donors (Lipinski definition) is 1. The standard InChI is InChI=1S/C21H28ClNO2/c22-17-3-1-15(2-4-17)16-9-11-21(12-10-16)13-14-23(20(21)25)18-5-7-19(24)8-6-18/h1-4,16,18-19,24H,5-14H2. The Bertz CT molecular complexity index is 613. The first kappa shape index (κ1) is 17.4. The van der Waals surface area contributed by atoms with Crippen molar-refractivity contribution in [3.05, 3.63) is 34.9 Å². The van der Waals surface area contributed by atoms with Crippen molar-refractivity contribution in [2.45, 2.75) is 75.9 Å². The second-order valence-electron chi connectivity index (χ2n) is 8.32. The number of benzene rings is 1. The lowest BCUT2D eigenvalue weighted by atomic mass is 9.68. The highest BCUT2D eigenvalue weighted by Crippen LogP contribution is 2.50. The van der Waals surface area contributed by atoms with E-state index in [9.17, 15) is 9.90 Å². The van der Waals surface area contributed by atoms with Gasteiger partial charge in [0.05, 0.1) is 11.5 Å². The first-order chi connectivity index (χ1) is 12.1. The number of hydrogen-bond acceptors (Lipinski definition) is 2. The molecule has 25 heavy (non-hydrogen) atoms. The van der Waals surface area contributed by atoms with Crippen molar-refractivity contribution < 1.29 is 9.90 Å². The van der Waals surface area contributed by atoms with Crippen LogP contribution in [0.15, 0.2) is 24.3 Å². The molecule has 0 aromatic heterocycles. The van der Waals surface area contributed by atoms with Gasteiger partial charge in [-0.25, -0.2) is 0 Å². The lowest BCUT2D eigenvalue weighted by Crippen LogP contribution is -2.44. The van der Waals surface area contributed by atoms with Gasteiger partial charge in [0.2, 0.25) is 5.91 Å². The Hall–Kier alpha value is -1.06. The molecule has 0 unspecified atom stereocenters. The van der Waals surface area contributed by atoms with E-state index in [1.165, 1.54) is 5.56 Å². The van der Waals surface area contributed by atoms with Crippen LogP contribution in [0.3, 0.4) is 0 Å². The number of carbonyl (C=O) groups excluding carboxylic acids is 1. The molecule has 1 aliphatic heterocycles. The van der Waals surface area contributed by atoms with E-state index in [2.05, 4.69) is 17.0 Å². The molecule has 1 N–H and O–H groups in total. The number of aliphatic hydroxyl groups is 1. The minimum atomic E-state index is -0.155. The number of aliphatic hydroxyl groups excluding tert-OH is 1. The second-order valence-corrected chi connectivity index (χ2v) is 8.75. The van der Waals surface area contributed by atoms with E-state index in [1.54, 1.807) is 0 Å². The van der Waals surface area contributed by atoms with Gasteiger partial charge in [-0.05, 0) is 81.4 Å². The molecule has 1 aromatic carbocycles. The molecule has 3 aliphatic rings. The molecule has 1 heterocycles. The normalized spacial score (nSPS) is 36.2. The third-order valence-electron chi connectivity index (χ3n) is 6.94. The maximum Gasteiger partial charge on any atom is 0.229 e. The van der Waals surface area contributed by atoms with E-state index >= 15 is 0 Å². The minimum Gasteiger partial charge on any atom is -0.393 e. The van der Waals surface area contributed by atoms with Crippen LogP contribution in [-0.4, -0.2) is 34.6 Å². The van der Waals surface area contributed by atoms with Gasteiger partial charge in [0.1, 0.15) is 0 Å². The zero-order valence-electron chi connectivity index (χ0n) is 14.8. The Balaban J connectivity index is 1.39. The van der Waals surface area contributed by atoms with Crippen LogP contribution in [0.5, 0.6) is 0 Å². The van der Waals surface area contributed by atoms with E-state index < -0.39 is 0 Å². The Kier molecular flexibility index (Phi) is 4.81. The summed E-state index contributed by atoms with van der Waals surface area (Å²) in [6.45, 7) is 0.922. The fraction of sp³-hybridized carbons (Fsp3) is 0.667. The van der Waals surface area contributed by atoms with Gasteiger partial charge in [-0.15, -0.1) is 0 Å². The van der Waals surface area contributed by atoms with Crippen LogP contribution < -0.4 is 0 Å². The van der Waals surface area contributed by atoms with Gasteiger partial charge in [0, 0.05) is 17.6 Å². The molecule has 1 amide bonds. The Morgan fingerprint density at radius 1 is 0.960 bits per heavy atom. The predicted octanol–water partition coefficient (Wildman–Crippen LogP) is 4.52. The van der Waals surface area contributed by atoms with Crippen LogP contribution in [0.4, 0.5) is 0 Å². The molecular weight excluding hydrogens is 334 g/mol. The zero-order valence-corrected chi connectivity index (χ0v) is 15.5. The molecule has 0 bridgehead atoms. The molecule has 4 rings (SSSR count). The number of rotatable bonds is 2. The predicted molar refractivity (Wildman–Crippen MR) is 99.7 cm³/mol. The molecule has 3 nitrogen and oxygen atoms in total. The van der Waals surface area contributed by atoms with Crippen LogP contribution in [-0.2, 0) is 4.79 Å². The van der Waals surface area contributed by atoms with E-state index in [0.29, 0.717) is 17.9 Å². The summed E-state index contributed by atoms with van der Waals surface area (Å²) in [5.41, 5.74) is 1.27. The highest BCUT2D eigenvalue weighted by atomic mass is 35.5. The second kappa shape index (κ2) is 6.92. The summed E-state index contributed by atoms with van der Waals surface area (Å²) in [6, 6.07) is 8.59. The van der Waals surface area contributed by atoms with Crippen molar-refractivity contribution in [2.75, 3.05) is 6.54 Å².